The van der Waals surface area contributed by atoms with Crippen LogP contribution in [0.4, 0.5) is 4.39 Å². The van der Waals surface area contributed by atoms with Crippen LogP contribution in [0.3, 0.4) is 0 Å². The number of halogens is 2. The maximum Gasteiger partial charge on any atom is 0.141 e. The van der Waals surface area contributed by atoms with Crippen molar-refractivity contribution >= 4 is 15.9 Å². The molecule has 2 aromatic rings. The van der Waals surface area contributed by atoms with Crippen LogP contribution in [0.5, 0.6) is 11.5 Å². The van der Waals surface area contributed by atoms with E-state index in [0.29, 0.717) is 17.4 Å². The van der Waals surface area contributed by atoms with Crippen LogP contribution >= 0.6 is 15.9 Å². The van der Waals surface area contributed by atoms with Gasteiger partial charge in [-0.3, -0.25) is 0 Å². The minimum atomic E-state index is -0.307. The van der Waals surface area contributed by atoms with E-state index in [1.807, 2.05) is 18.2 Å². The highest BCUT2D eigenvalue weighted by molar-refractivity contribution is 9.10. The second kappa shape index (κ2) is 7.57. The Bertz CT molecular complexity index is 601. The summed E-state index contributed by atoms with van der Waals surface area (Å²) in [5.74, 6) is 1.48. The van der Waals surface area contributed by atoms with Gasteiger partial charge in [-0.15, -0.1) is 0 Å². The van der Waals surface area contributed by atoms with Crippen molar-refractivity contribution in [3.05, 3.63) is 58.3 Å². The molecule has 0 saturated carbocycles. The fourth-order valence-electron chi connectivity index (χ4n) is 1.90. The van der Waals surface area contributed by atoms with Gasteiger partial charge in [0.05, 0.1) is 4.47 Å². The summed E-state index contributed by atoms with van der Waals surface area (Å²) in [7, 11) is 0. The second-order valence-electron chi connectivity index (χ2n) is 5.35. The third-order valence-corrected chi connectivity index (χ3v) is 3.52. The summed E-state index contributed by atoms with van der Waals surface area (Å²) >= 11 is 3.50. The number of ether oxygens (including phenoxy) is 1. The van der Waals surface area contributed by atoms with Gasteiger partial charge in [-0.2, -0.15) is 0 Å². The molecule has 0 atom stereocenters. The molecule has 0 aliphatic rings. The predicted octanol–water partition coefficient (Wildman–Crippen LogP) is 5.13. The SMILES string of the molecule is CC(C)CNCc1ccc(Oc2cccc(F)c2)c(Br)c1. The Morgan fingerprint density at radius 3 is 2.67 bits per heavy atom. The summed E-state index contributed by atoms with van der Waals surface area (Å²) in [4.78, 5) is 0. The highest BCUT2D eigenvalue weighted by Crippen LogP contribution is 2.30. The summed E-state index contributed by atoms with van der Waals surface area (Å²) < 4.78 is 19.7. The number of nitrogens with one attached hydrogen (secondary N) is 1. The van der Waals surface area contributed by atoms with Crippen molar-refractivity contribution in [3.8, 4) is 11.5 Å². The van der Waals surface area contributed by atoms with Gasteiger partial charge in [-0.05, 0) is 58.2 Å². The molecular weight excluding hydrogens is 333 g/mol. The molecule has 0 aromatic heterocycles. The van der Waals surface area contributed by atoms with Gasteiger partial charge in [0.15, 0.2) is 0 Å². The normalized spacial score (nSPS) is 10.9. The van der Waals surface area contributed by atoms with E-state index < -0.39 is 0 Å². The molecule has 0 fully saturated rings. The average molecular weight is 352 g/mol. The first-order chi connectivity index (χ1) is 10.0. The third-order valence-electron chi connectivity index (χ3n) is 2.90. The van der Waals surface area contributed by atoms with Crippen LogP contribution in [0.25, 0.3) is 0 Å². The molecule has 0 spiro atoms. The first kappa shape index (κ1) is 16.0. The molecule has 0 bridgehead atoms. The molecule has 2 aromatic carbocycles. The lowest BCUT2D eigenvalue weighted by Gasteiger charge is -2.11. The van der Waals surface area contributed by atoms with Crippen LogP contribution in [-0.2, 0) is 6.54 Å². The maximum absolute atomic E-state index is 13.1. The molecule has 4 heteroatoms. The smallest absolute Gasteiger partial charge is 0.141 e. The largest absolute Gasteiger partial charge is 0.456 e. The van der Waals surface area contributed by atoms with Gasteiger partial charge in [-0.1, -0.05) is 26.0 Å². The molecule has 0 radical (unpaired) electrons. The first-order valence-corrected chi connectivity index (χ1v) is 7.76. The van der Waals surface area contributed by atoms with Crippen LogP contribution in [0, 0.1) is 11.7 Å². The number of benzene rings is 2. The standard InChI is InChI=1S/C17H19BrFNO/c1-12(2)10-20-11-13-6-7-17(16(18)8-13)21-15-5-3-4-14(19)9-15/h3-9,12,20H,10-11H2,1-2H3. The zero-order chi connectivity index (χ0) is 15.2. The Morgan fingerprint density at radius 2 is 2.00 bits per heavy atom. The second-order valence-corrected chi connectivity index (χ2v) is 6.20. The average Bonchev–Trinajstić information content (AvgIpc) is 2.41. The summed E-state index contributed by atoms with van der Waals surface area (Å²) in [6.07, 6.45) is 0. The zero-order valence-electron chi connectivity index (χ0n) is 12.2. The Kier molecular flexibility index (Phi) is 5.76. The van der Waals surface area contributed by atoms with Crippen LogP contribution in [0.15, 0.2) is 46.9 Å². The summed E-state index contributed by atoms with van der Waals surface area (Å²) in [6, 6.07) is 12.0. The van der Waals surface area contributed by atoms with Crippen molar-refractivity contribution < 1.29 is 9.13 Å². The van der Waals surface area contributed by atoms with Crippen LogP contribution in [-0.4, -0.2) is 6.54 Å². The molecule has 0 heterocycles. The minimum absolute atomic E-state index is 0.307. The van der Waals surface area contributed by atoms with Gasteiger partial charge in [0.25, 0.3) is 0 Å². The number of hydrogen-bond acceptors (Lipinski definition) is 2. The van der Waals surface area contributed by atoms with E-state index in [2.05, 4.69) is 35.1 Å². The molecule has 1 N–H and O–H groups in total. The van der Waals surface area contributed by atoms with E-state index in [4.69, 9.17) is 4.74 Å². The lowest BCUT2D eigenvalue weighted by atomic mass is 10.2. The summed E-state index contributed by atoms with van der Waals surface area (Å²) in [5.41, 5.74) is 1.18. The Balaban J connectivity index is 2.02. The summed E-state index contributed by atoms with van der Waals surface area (Å²) in [5, 5.41) is 3.39. The van der Waals surface area contributed by atoms with Crippen molar-refractivity contribution in [2.45, 2.75) is 20.4 Å². The molecule has 2 nitrogen and oxygen atoms in total. The van der Waals surface area contributed by atoms with Gasteiger partial charge < -0.3 is 10.1 Å². The van der Waals surface area contributed by atoms with Crippen LogP contribution in [0.1, 0.15) is 19.4 Å². The molecule has 21 heavy (non-hydrogen) atoms. The Labute approximate surface area is 133 Å². The van der Waals surface area contributed by atoms with Gasteiger partial charge in [0.1, 0.15) is 17.3 Å². The van der Waals surface area contributed by atoms with Gasteiger partial charge in [-0.25, -0.2) is 4.39 Å². The van der Waals surface area contributed by atoms with E-state index in [1.165, 1.54) is 17.7 Å². The van der Waals surface area contributed by atoms with E-state index in [9.17, 15) is 4.39 Å². The molecule has 2 rings (SSSR count). The topological polar surface area (TPSA) is 21.3 Å². The monoisotopic (exact) mass is 351 g/mol. The zero-order valence-corrected chi connectivity index (χ0v) is 13.8. The molecular formula is C17H19BrFNO. The number of rotatable bonds is 6. The van der Waals surface area contributed by atoms with Gasteiger partial charge in [0, 0.05) is 12.6 Å². The lowest BCUT2D eigenvalue weighted by molar-refractivity contribution is 0.473. The molecule has 0 aliphatic carbocycles. The summed E-state index contributed by atoms with van der Waals surface area (Å²) in [6.45, 7) is 6.16. The van der Waals surface area contributed by atoms with E-state index in [1.54, 1.807) is 12.1 Å². The van der Waals surface area contributed by atoms with E-state index in [-0.39, 0.29) is 5.82 Å². The van der Waals surface area contributed by atoms with Crippen molar-refractivity contribution in [2.75, 3.05) is 6.54 Å². The minimum Gasteiger partial charge on any atom is -0.456 e. The Morgan fingerprint density at radius 1 is 1.19 bits per heavy atom. The molecule has 112 valence electrons. The molecule has 0 saturated heterocycles. The Hall–Kier alpha value is -1.39. The van der Waals surface area contributed by atoms with Gasteiger partial charge >= 0.3 is 0 Å². The van der Waals surface area contributed by atoms with E-state index in [0.717, 1.165) is 17.6 Å². The molecule has 0 amide bonds. The quantitative estimate of drug-likeness (QED) is 0.779. The number of hydrogen-bond donors (Lipinski definition) is 1. The highest BCUT2D eigenvalue weighted by atomic mass is 79.9. The van der Waals surface area contributed by atoms with Crippen molar-refractivity contribution in [1.82, 2.24) is 5.32 Å². The predicted molar refractivity (Wildman–Crippen MR) is 87.2 cm³/mol. The molecule has 0 aliphatic heterocycles. The first-order valence-electron chi connectivity index (χ1n) is 6.97. The fourth-order valence-corrected chi connectivity index (χ4v) is 2.41. The van der Waals surface area contributed by atoms with E-state index >= 15 is 0 Å². The maximum atomic E-state index is 13.1. The van der Waals surface area contributed by atoms with Crippen molar-refractivity contribution in [1.29, 1.82) is 0 Å². The van der Waals surface area contributed by atoms with Gasteiger partial charge in [0.2, 0.25) is 0 Å². The third kappa shape index (κ3) is 5.14. The lowest BCUT2D eigenvalue weighted by Crippen LogP contribution is -2.18. The van der Waals surface area contributed by atoms with Crippen molar-refractivity contribution in [3.63, 3.8) is 0 Å². The van der Waals surface area contributed by atoms with Crippen molar-refractivity contribution in [2.24, 2.45) is 5.92 Å². The molecule has 0 unspecified atom stereocenters. The van der Waals surface area contributed by atoms with Crippen LogP contribution < -0.4 is 10.1 Å². The van der Waals surface area contributed by atoms with Crippen LogP contribution in [0.2, 0.25) is 0 Å². The highest BCUT2D eigenvalue weighted by Gasteiger charge is 2.05. The fraction of sp³-hybridized carbons (Fsp3) is 0.294.